The van der Waals surface area contributed by atoms with E-state index in [1.807, 2.05) is 6.07 Å². The van der Waals surface area contributed by atoms with Gasteiger partial charge < -0.3 is 0 Å². The molecule has 1 aromatic carbocycles. The molecule has 1 heterocycles. The first-order valence-corrected chi connectivity index (χ1v) is 5.54. The topological polar surface area (TPSA) is 66.6 Å². The zero-order valence-corrected chi connectivity index (χ0v) is 9.71. The van der Waals surface area contributed by atoms with Crippen molar-refractivity contribution in [3.8, 4) is 6.07 Å². The maximum absolute atomic E-state index is 11.8. The van der Waals surface area contributed by atoms with Gasteiger partial charge in [-0.1, -0.05) is 12.1 Å². The predicted molar refractivity (Wildman–Crippen MR) is 65.6 cm³/mol. The van der Waals surface area contributed by atoms with Crippen LogP contribution in [0.4, 0.5) is 0 Å². The monoisotopic (exact) mass is 237 g/mol. The Bertz CT molecular complexity index is 587. The van der Waals surface area contributed by atoms with E-state index in [1.54, 1.807) is 36.7 Å². The molecular formula is C14H11N3O. The minimum Gasteiger partial charge on any atom is -0.299 e. The number of nitriles is 1. The Kier molecular flexibility index (Phi) is 3.77. The summed E-state index contributed by atoms with van der Waals surface area (Å²) in [4.78, 5) is 19.8. The van der Waals surface area contributed by atoms with Gasteiger partial charge in [-0.15, -0.1) is 0 Å². The van der Waals surface area contributed by atoms with Gasteiger partial charge in [0.2, 0.25) is 0 Å². The van der Waals surface area contributed by atoms with E-state index in [9.17, 15) is 4.79 Å². The molecule has 0 unspecified atom stereocenters. The summed E-state index contributed by atoms with van der Waals surface area (Å²) in [6, 6.07) is 10.8. The summed E-state index contributed by atoms with van der Waals surface area (Å²) in [5.41, 5.74) is 1.41. The highest BCUT2D eigenvalue weighted by Crippen LogP contribution is 2.06. The first kappa shape index (κ1) is 11.9. The number of rotatable bonds is 4. The number of carbonyl (C=O) groups excluding carboxylic acids is 1. The van der Waals surface area contributed by atoms with Crippen molar-refractivity contribution < 1.29 is 4.79 Å². The van der Waals surface area contributed by atoms with Gasteiger partial charge >= 0.3 is 0 Å². The van der Waals surface area contributed by atoms with Crippen LogP contribution >= 0.6 is 0 Å². The normalized spacial score (nSPS) is 9.72. The highest BCUT2D eigenvalue weighted by molar-refractivity contribution is 5.82. The third kappa shape index (κ3) is 3.22. The molecule has 0 aliphatic rings. The Morgan fingerprint density at radius 2 is 1.94 bits per heavy atom. The predicted octanol–water partition coefficient (Wildman–Crippen LogP) is 1.70. The maximum atomic E-state index is 11.8. The SMILES string of the molecule is N#Cc1cccc(CC(=O)Cc2ncccn2)c1. The minimum absolute atomic E-state index is 0.0382. The molecule has 0 N–H and O–H groups in total. The van der Waals surface area contributed by atoms with Crippen LogP contribution in [-0.4, -0.2) is 15.8 Å². The number of hydrogen-bond donors (Lipinski definition) is 0. The number of ketones is 1. The first-order chi connectivity index (χ1) is 8.78. The van der Waals surface area contributed by atoms with E-state index in [0.29, 0.717) is 17.8 Å². The highest BCUT2D eigenvalue weighted by atomic mass is 16.1. The second kappa shape index (κ2) is 5.69. The molecule has 1 aromatic heterocycles. The Hall–Kier alpha value is -2.54. The van der Waals surface area contributed by atoms with Gasteiger partial charge in [0.15, 0.2) is 0 Å². The second-order valence-electron chi connectivity index (χ2n) is 3.87. The summed E-state index contributed by atoms with van der Waals surface area (Å²) < 4.78 is 0. The third-order valence-corrected chi connectivity index (χ3v) is 2.43. The van der Waals surface area contributed by atoms with Gasteiger partial charge in [0.05, 0.1) is 18.1 Å². The number of carbonyl (C=O) groups is 1. The van der Waals surface area contributed by atoms with Crippen LogP contribution in [0.15, 0.2) is 42.7 Å². The standard InChI is InChI=1S/C14H11N3O/c15-10-12-4-1-3-11(7-12)8-13(18)9-14-16-5-2-6-17-14/h1-7H,8-9H2. The van der Waals surface area contributed by atoms with Gasteiger partial charge in [-0.3, -0.25) is 4.79 Å². The molecule has 0 saturated heterocycles. The zero-order valence-electron chi connectivity index (χ0n) is 9.71. The van der Waals surface area contributed by atoms with Crippen molar-refractivity contribution in [3.05, 3.63) is 59.7 Å². The lowest BCUT2D eigenvalue weighted by molar-refractivity contribution is -0.117. The van der Waals surface area contributed by atoms with E-state index >= 15 is 0 Å². The Balaban J connectivity index is 2.01. The van der Waals surface area contributed by atoms with E-state index in [1.165, 1.54) is 0 Å². The summed E-state index contributed by atoms with van der Waals surface area (Å²) in [7, 11) is 0. The highest BCUT2D eigenvalue weighted by Gasteiger charge is 2.07. The molecule has 18 heavy (non-hydrogen) atoms. The fourth-order valence-corrected chi connectivity index (χ4v) is 1.64. The summed E-state index contributed by atoms with van der Waals surface area (Å²) >= 11 is 0. The van der Waals surface area contributed by atoms with Gasteiger partial charge in [0.1, 0.15) is 11.6 Å². The molecule has 88 valence electrons. The first-order valence-electron chi connectivity index (χ1n) is 5.54. The number of benzene rings is 1. The molecule has 0 atom stereocenters. The third-order valence-electron chi connectivity index (χ3n) is 2.43. The van der Waals surface area contributed by atoms with Crippen LogP contribution in [-0.2, 0) is 17.6 Å². The van der Waals surface area contributed by atoms with Crippen molar-refractivity contribution in [2.45, 2.75) is 12.8 Å². The van der Waals surface area contributed by atoms with Crippen LogP contribution in [0.25, 0.3) is 0 Å². The van der Waals surface area contributed by atoms with Crippen molar-refractivity contribution in [2.24, 2.45) is 0 Å². The lowest BCUT2D eigenvalue weighted by Gasteiger charge is -2.01. The van der Waals surface area contributed by atoms with Gasteiger partial charge in [0.25, 0.3) is 0 Å². The molecule has 0 amide bonds. The number of aromatic nitrogens is 2. The maximum Gasteiger partial charge on any atom is 0.144 e. The van der Waals surface area contributed by atoms with Crippen LogP contribution in [0, 0.1) is 11.3 Å². The quantitative estimate of drug-likeness (QED) is 0.811. The van der Waals surface area contributed by atoms with Crippen molar-refractivity contribution in [2.75, 3.05) is 0 Å². The van der Waals surface area contributed by atoms with Crippen LogP contribution in [0.3, 0.4) is 0 Å². The smallest absolute Gasteiger partial charge is 0.144 e. The largest absolute Gasteiger partial charge is 0.299 e. The van der Waals surface area contributed by atoms with E-state index in [4.69, 9.17) is 5.26 Å². The zero-order chi connectivity index (χ0) is 12.8. The molecule has 0 bridgehead atoms. The molecular weight excluding hydrogens is 226 g/mol. The second-order valence-corrected chi connectivity index (χ2v) is 3.87. The molecule has 0 saturated carbocycles. The van der Waals surface area contributed by atoms with Gasteiger partial charge in [0, 0.05) is 18.8 Å². The van der Waals surface area contributed by atoms with Crippen molar-refractivity contribution in [1.29, 1.82) is 5.26 Å². The number of hydrogen-bond acceptors (Lipinski definition) is 4. The van der Waals surface area contributed by atoms with Gasteiger partial charge in [-0.2, -0.15) is 5.26 Å². The summed E-state index contributed by atoms with van der Waals surface area (Å²) in [5.74, 6) is 0.565. The average Bonchev–Trinajstić information content (AvgIpc) is 2.40. The molecule has 0 fully saturated rings. The van der Waals surface area contributed by atoms with Gasteiger partial charge in [-0.25, -0.2) is 9.97 Å². The fourth-order valence-electron chi connectivity index (χ4n) is 1.64. The van der Waals surface area contributed by atoms with Crippen molar-refractivity contribution >= 4 is 5.78 Å². The fraction of sp³-hybridized carbons (Fsp3) is 0.143. The molecule has 0 aliphatic carbocycles. The van der Waals surface area contributed by atoms with Crippen LogP contribution in [0.2, 0.25) is 0 Å². The summed E-state index contributed by atoms with van der Waals surface area (Å²) in [5, 5.41) is 8.78. The van der Waals surface area contributed by atoms with Crippen LogP contribution in [0.1, 0.15) is 17.0 Å². The van der Waals surface area contributed by atoms with Crippen molar-refractivity contribution in [3.63, 3.8) is 0 Å². The van der Waals surface area contributed by atoms with Gasteiger partial charge in [-0.05, 0) is 23.8 Å². The Morgan fingerprint density at radius 3 is 2.67 bits per heavy atom. The minimum atomic E-state index is 0.0382. The molecule has 4 nitrogen and oxygen atoms in total. The van der Waals surface area contributed by atoms with Crippen molar-refractivity contribution in [1.82, 2.24) is 9.97 Å². The molecule has 4 heteroatoms. The van der Waals surface area contributed by atoms with E-state index in [-0.39, 0.29) is 12.2 Å². The molecule has 2 rings (SSSR count). The summed E-state index contributed by atoms with van der Waals surface area (Å²) in [6.07, 6.45) is 3.75. The Labute approximate surface area is 105 Å². The number of nitrogens with zero attached hydrogens (tertiary/aromatic N) is 3. The van der Waals surface area contributed by atoms with E-state index in [2.05, 4.69) is 16.0 Å². The lowest BCUT2D eigenvalue weighted by atomic mass is 10.0. The van der Waals surface area contributed by atoms with Crippen LogP contribution in [0.5, 0.6) is 0 Å². The lowest BCUT2D eigenvalue weighted by Crippen LogP contribution is -2.09. The summed E-state index contributed by atoms with van der Waals surface area (Å²) in [6.45, 7) is 0. The molecule has 0 spiro atoms. The van der Waals surface area contributed by atoms with Crippen LogP contribution < -0.4 is 0 Å². The van der Waals surface area contributed by atoms with E-state index < -0.39 is 0 Å². The number of Topliss-reactive ketones (excluding diaryl/α,β-unsaturated/α-hetero) is 1. The molecule has 2 aromatic rings. The molecule has 0 aliphatic heterocycles. The Morgan fingerprint density at radius 1 is 1.17 bits per heavy atom. The molecule has 0 radical (unpaired) electrons. The van der Waals surface area contributed by atoms with E-state index in [0.717, 1.165) is 5.56 Å². The average molecular weight is 237 g/mol.